The van der Waals surface area contributed by atoms with E-state index in [1.54, 1.807) is 0 Å². The Balaban J connectivity index is 2.05. The van der Waals surface area contributed by atoms with Gasteiger partial charge in [-0.2, -0.15) is 4.39 Å². The number of carboxylic acid groups (broad SMARTS) is 1. The molecule has 0 amide bonds. The first-order chi connectivity index (χ1) is 6.68. The third-order valence-corrected chi connectivity index (χ3v) is 3.35. The second kappa shape index (κ2) is 3.71. The van der Waals surface area contributed by atoms with Gasteiger partial charge >= 0.3 is 5.97 Å². The van der Waals surface area contributed by atoms with Crippen LogP contribution in [-0.2, 0) is 4.79 Å². The minimum absolute atomic E-state index is 0.542. The molecule has 0 aromatic rings. The molecule has 2 rings (SSSR count). The van der Waals surface area contributed by atoms with Crippen LogP contribution in [0.4, 0.5) is 4.39 Å². The Morgan fingerprint density at radius 3 is 2.57 bits per heavy atom. The van der Waals surface area contributed by atoms with Crippen LogP contribution in [-0.4, -0.2) is 11.1 Å². The Bertz CT molecular complexity index is 279. The molecule has 0 bridgehead atoms. The number of allylic oxidation sites excluding steroid dienone is 1. The van der Waals surface area contributed by atoms with E-state index in [1.165, 1.54) is 12.8 Å². The topological polar surface area (TPSA) is 37.3 Å². The number of aliphatic carboxylic acids is 1. The molecule has 14 heavy (non-hydrogen) atoms. The van der Waals surface area contributed by atoms with Crippen molar-refractivity contribution in [2.24, 2.45) is 11.8 Å². The van der Waals surface area contributed by atoms with E-state index in [4.69, 9.17) is 5.11 Å². The van der Waals surface area contributed by atoms with E-state index < -0.39 is 11.8 Å². The summed E-state index contributed by atoms with van der Waals surface area (Å²) >= 11 is 0. The number of hydrogen-bond acceptors (Lipinski definition) is 1. The molecular formula is C11H15FO2. The van der Waals surface area contributed by atoms with Gasteiger partial charge in [-0.1, -0.05) is 0 Å². The molecule has 0 saturated heterocycles. The molecular weight excluding hydrogens is 183 g/mol. The molecule has 0 aliphatic heterocycles. The third-order valence-electron chi connectivity index (χ3n) is 3.35. The summed E-state index contributed by atoms with van der Waals surface area (Å²) in [5.74, 6) is -0.970. The van der Waals surface area contributed by atoms with Crippen LogP contribution in [0.15, 0.2) is 11.4 Å². The van der Waals surface area contributed by atoms with E-state index in [1.807, 2.05) is 0 Å². The largest absolute Gasteiger partial charge is 0.476 e. The molecule has 1 unspecified atom stereocenters. The van der Waals surface area contributed by atoms with Crippen molar-refractivity contribution < 1.29 is 14.3 Å². The lowest BCUT2D eigenvalue weighted by Crippen LogP contribution is -2.13. The Morgan fingerprint density at radius 2 is 2.00 bits per heavy atom. The summed E-state index contributed by atoms with van der Waals surface area (Å²) in [5.41, 5.74) is 0.542. The molecule has 0 heterocycles. The highest BCUT2D eigenvalue weighted by molar-refractivity contribution is 5.84. The van der Waals surface area contributed by atoms with Gasteiger partial charge in [0.05, 0.1) is 0 Å². The summed E-state index contributed by atoms with van der Waals surface area (Å²) < 4.78 is 13.1. The van der Waals surface area contributed by atoms with Crippen LogP contribution in [0.2, 0.25) is 0 Å². The molecule has 0 aromatic heterocycles. The summed E-state index contributed by atoms with van der Waals surface area (Å²) in [4.78, 5) is 10.5. The van der Waals surface area contributed by atoms with Crippen molar-refractivity contribution in [2.75, 3.05) is 0 Å². The first-order valence-electron chi connectivity index (χ1n) is 5.29. The maximum Gasteiger partial charge on any atom is 0.364 e. The Hall–Kier alpha value is -0.860. The molecule has 1 N–H and O–H groups in total. The van der Waals surface area contributed by atoms with Crippen molar-refractivity contribution in [3.63, 3.8) is 0 Å². The Morgan fingerprint density at radius 1 is 1.29 bits per heavy atom. The first kappa shape index (κ1) is 9.69. The number of carboxylic acids is 1. The van der Waals surface area contributed by atoms with Crippen molar-refractivity contribution >= 4 is 5.97 Å². The van der Waals surface area contributed by atoms with Crippen molar-refractivity contribution in [1.82, 2.24) is 0 Å². The highest BCUT2D eigenvalue weighted by Crippen LogP contribution is 2.45. The predicted molar refractivity (Wildman–Crippen MR) is 50.5 cm³/mol. The molecule has 0 spiro atoms. The molecule has 2 aliphatic rings. The van der Waals surface area contributed by atoms with E-state index in [2.05, 4.69) is 0 Å². The normalized spacial score (nSPS) is 31.4. The van der Waals surface area contributed by atoms with E-state index in [0.717, 1.165) is 18.8 Å². The van der Waals surface area contributed by atoms with Gasteiger partial charge in [-0.15, -0.1) is 0 Å². The van der Waals surface area contributed by atoms with Crippen LogP contribution in [0.25, 0.3) is 0 Å². The average Bonchev–Trinajstić information content (AvgIpc) is 3.00. The van der Waals surface area contributed by atoms with Gasteiger partial charge in [-0.3, -0.25) is 0 Å². The van der Waals surface area contributed by atoms with E-state index in [-0.39, 0.29) is 0 Å². The van der Waals surface area contributed by atoms with Crippen molar-refractivity contribution in [1.29, 1.82) is 0 Å². The van der Waals surface area contributed by atoms with E-state index in [0.29, 0.717) is 24.3 Å². The number of carbonyl (C=O) groups is 1. The van der Waals surface area contributed by atoms with Crippen molar-refractivity contribution in [3.8, 4) is 0 Å². The zero-order valence-electron chi connectivity index (χ0n) is 8.13. The summed E-state index contributed by atoms with van der Waals surface area (Å²) in [6, 6.07) is 0. The maximum atomic E-state index is 13.1. The number of hydrogen-bond donors (Lipinski definition) is 1. The number of halogens is 1. The lowest BCUT2D eigenvalue weighted by molar-refractivity contribution is -0.134. The fourth-order valence-electron chi connectivity index (χ4n) is 2.42. The van der Waals surface area contributed by atoms with Gasteiger partial charge < -0.3 is 5.11 Å². The summed E-state index contributed by atoms with van der Waals surface area (Å²) in [6.07, 6.45) is 5.95. The molecule has 2 fully saturated rings. The van der Waals surface area contributed by atoms with Gasteiger partial charge in [-0.05, 0) is 55.9 Å². The van der Waals surface area contributed by atoms with E-state index in [9.17, 15) is 9.18 Å². The van der Waals surface area contributed by atoms with Gasteiger partial charge in [0.25, 0.3) is 0 Å². The van der Waals surface area contributed by atoms with Gasteiger partial charge in [0, 0.05) is 0 Å². The van der Waals surface area contributed by atoms with Crippen LogP contribution in [0.3, 0.4) is 0 Å². The fourth-order valence-corrected chi connectivity index (χ4v) is 2.42. The zero-order chi connectivity index (χ0) is 10.1. The molecule has 0 aromatic carbocycles. The quantitative estimate of drug-likeness (QED) is 0.693. The van der Waals surface area contributed by atoms with Gasteiger partial charge in [0.1, 0.15) is 0 Å². The molecule has 0 radical (unpaired) electrons. The van der Waals surface area contributed by atoms with Gasteiger partial charge in [0.15, 0.2) is 0 Å². The molecule has 78 valence electrons. The van der Waals surface area contributed by atoms with E-state index >= 15 is 0 Å². The van der Waals surface area contributed by atoms with Gasteiger partial charge in [-0.25, -0.2) is 4.79 Å². The smallest absolute Gasteiger partial charge is 0.364 e. The van der Waals surface area contributed by atoms with Crippen molar-refractivity contribution in [2.45, 2.75) is 38.5 Å². The lowest BCUT2D eigenvalue weighted by atomic mass is 9.82. The summed E-state index contributed by atoms with van der Waals surface area (Å²) in [7, 11) is 0. The SMILES string of the molecule is O=C(O)C(F)=C1CCCC(C2CC2)C1. The molecule has 1 atom stereocenters. The van der Waals surface area contributed by atoms with Crippen LogP contribution < -0.4 is 0 Å². The lowest BCUT2D eigenvalue weighted by Gasteiger charge is -2.23. The Kier molecular flexibility index (Phi) is 2.57. The van der Waals surface area contributed by atoms with Crippen LogP contribution >= 0.6 is 0 Å². The molecule has 2 nitrogen and oxygen atoms in total. The molecule has 3 heteroatoms. The monoisotopic (exact) mass is 198 g/mol. The highest BCUT2D eigenvalue weighted by Gasteiger charge is 2.34. The number of rotatable bonds is 2. The molecule has 2 aliphatic carbocycles. The van der Waals surface area contributed by atoms with Crippen LogP contribution in [0.5, 0.6) is 0 Å². The summed E-state index contributed by atoms with van der Waals surface area (Å²) in [6.45, 7) is 0. The first-order valence-corrected chi connectivity index (χ1v) is 5.29. The minimum Gasteiger partial charge on any atom is -0.476 e. The third kappa shape index (κ3) is 1.97. The highest BCUT2D eigenvalue weighted by atomic mass is 19.1. The standard InChI is InChI=1S/C11H15FO2/c12-10(11(13)14)9-3-1-2-8(6-9)7-4-5-7/h7-8H,1-6H2,(H,13,14). The zero-order valence-corrected chi connectivity index (χ0v) is 8.13. The average molecular weight is 198 g/mol. The minimum atomic E-state index is -1.39. The Labute approximate surface area is 82.8 Å². The van der Waals surface area contributed by atoms with Crippen LogP contribution in [0.1, 0.15) is 38.5 Å². The second-order valence-electron chi connectivity index (χ2n) is 4.42. The van der Waals surface area contributed by atoms with Gasteiger partial charge in [0.2, 0.25) is 5.83 Å². The summed E-state index contributed by atoms with van der Waals surface area (Å²) in [5, 5.41) is 8.54. The molecule has 2 saturated carbocycles. The van der Waals surface area contributed by atoms with Crippen LogP contribution in [0, 0.1) is 11.8 Å². The second-order valence-corrected chi connectivity index (χ2v) is 4.42. The fraction of sp³-hybridized carbons (Fsp3) is 0.727. The predicted octanol–water partition coefficient (Wildman–Crippen LogP) is 2.89. The maximum absolute atomic E-state index is 13.1. The van der Waals surface area contributed by atoms with Crippen molar-refractivity contribution in [3.05, 3.63) is 11.4 Å².